The molecule has 0 aromatic rings. The molecule has 1 atom stereocenters. The van der Waals surface area contributed by atoms with Gasteiger partial charge in [0, 0.05) is 19.3 Å². The predicted octanol–water partition coefficient (Wildman–Crippen LogP) is -5.49. The fourth-order valence-corrected chi connectivity index (χ4v) is 0.703. The Balaban J connectivity index is -0.000000392. The van der Waals surface area contributed by atoms with Crippen LogP contribution in [0.3, 0.4) is 0 Å². The van der Waals surface area contributed by atoms with Gasteiger partial charge in [-0.3, -0.25) is 9.59 Å². The molecule has 98 valence electrons. The predicted molar refractivity (Wildman–Crippen MR) is 47.8 cm³/mol. The van der Waals surface area contributed by atoms with Crippen molar-refractivity contribution in [3.63, 3.8) is 0 Å². The molecule has 0 aromatic carbocycles. The molecule has 0 bridgehead atoms. The number of carbonyl (C=O) groups excluding carboxylic acids is 1. The van der Waals surface area contributed by atoms with Gasteiger partial charge < -0.3 is 30.3 Å². The zero-order valence-corrected chi connectivity index (χ0v) is 11.7. The number of hydrogen-bond donors (Lipinski definition) is 4. The quantitative estimate of drug-likeness (QED) is 0.356. The molecule has 4 N–H and O–H groups in total. The van der Waals surface area contributed by atoms with Gasteiger partial charge in [0.15, 0.2) is 5.60 Å². The second kappa shape index (κ2) is 9.83. The van der Waals surface area contributed by atoms with Crippen LogP contribution in [-0.2, 0) is 19.2 Å². The normalized spacial score (nSPS) is 11.9. The van der Waals surface area contributed by atoms with Crippen LogP contribution in [-0.4, -0.2) is 49.9 Å². The number of aliphatic carboxylic acids is 4. The van der Waals surface area contributed by atoms with Crippen molar-refractivity contribution in [1.29, 1.82) is 0 Å². The Morgan fingerprint density at radius 3 is 1.56 bits per heavy atom. The van der Waals surface area contributed by atoms with E-state index in [0.29, 0.717) is 0 Å². The molecule has 0 aliphatic rings. The number of carboxylic acids is 4. The maximum atomic E-state index is 10.3. The van der Waals surface area contributed by atoms with Crippen LogP contribution < -0.4 is 34.7 Å². The summed E-state index contributed by atoms with van der Waals surface area (Å²) in [6, 6.07) is 0. The third-order valence-electron chi connectivity index (χ3n) is 1.28. The van der Waals surface area contributed by atoms with E-state index in [1.807, 2.05) is 0 Å². The molecule has 0 spiro atoms. The first-order valence-corrected chi connectivity index (χ1v) is 4.08. The van der Waals surface area contributed by atoms with Crippen molar-refractivity contribution in [3.05, 3.63) is 0 Å². The Labute approximate surface area is 123 Å². The van der Waals surface area contributed by atoms with E-state index in [2.05, 4.69) is 0 Å². The van der Waals surface area contributed by atoms with E-state index in [1.165, 1.54) is 0 Å². The van der Waals surface area contributed by atoms with E-state index in [4.69, 9.17) is 25.2 Å². The van der Waals surface area contributed by atoms with Gasteiger partial charge in [-0.05, 0) is 0 Å². The Kier molecular flexibility index (Phi) is 12.0. The second-order valence-corrected chi connectivity index (χ2v) is 2.98. The average molecular weight is 274 g/mol. The van der Waals surface area contributed by atoms with Crippen LogP contribution in [0.4, 0.5) is 0 Å². The number of aliphatic hydroxyl groups is 1. The zero-order chi connectivity index (χ0) is 14.2. The Morgan fingerprint density at radius 2 is 1.39 bits per heavy atom. The first-order chi connectivity index (χ1) is 7.51. The minimum absolute atomic E-state index is 0. The monoisotopic (exact) mass is 274 g/mol. The summed E-state index contributed by atoms with van der Waals surface area (Å²) in [5, 5.41) is 42.9. The third-order valence-corrected chi connectivity index (χ3v) is 1.28. The van der Waals surface area contributed by atoms with Crippen molar-refractivity contribution >= 4 is 23.9 Å². The minimum atomic E-state index is -2.80. The summed E-state index contributed by atoms with van der Waals surface area (Å²) >= 11 is 0. The van der Waals surface area contributed by atoms with Crippen LogP contribution in [0.2, 0.25) is 0 Å². The molecular formula is C8H11NaO9. The van der Waals surface area contributed by atoms with Crippen LogP contribution in [0.5, 0.6) is 0 Å². The summed E-state index contributed by atoms with van der Waals surface area (Å²) in [6.45, 7) is 1.08. The standard InChI is InChI=1S/C6H8O7.C2H4O2.Na/c7-3(8)1-6(13,5(11)12)2-4(9)10;1-2(3)4;/h13H,1-2H2,(H,7,8)(H,9,10)(H,11,12);1H3,(H,3,4);/q;;+1/p-1. The smallest absolute Gasteiger partial charge is 0.550 e. The van der Waals surface area contributed by atoms with E-state index in [0.717, 1.165) is 6.92 Å². The largest absolute Gasteiger partial charge is 1.00 e. The molecule has 0 radical (unpaired) electrons. The first kappa shape index (κ1) is 22.1. The van der Waals surface area contributed by atoms with E-state index >= 15 is 0 Å². The summed E-state index contributed by atoms with van der Waals surface area (Å²) in [7, 11) is 0. The van der Waals surface area contributed by atoms with Crippen molar-refractivity contribution in [2.24, 2.45) is 0 Å². The van der Waals surface area contributed by atoms with E-state index in [1.54, 1.807) is 0 Å². The summed E-state index contributed by atoms with van der Waals surface area (Å²) in [4.78, 5) is 39.3. The van der Waals surface area contributed by atoms with Gasteiger partial charge in [-0.1, -0.05) is 0 Å². The van der Waals surface area contributed by atoms with Crippen LogP contribution in [0.1, 0.15) is 19.8 Å². The van der Waals surface area contributed by atoms with Crippen molar-refractivity contribution in [2.75, 3.05) is 0 Å². The molecule has 0 amide bonds. The molecule has 0 aliphatic carbocycles. The first-order valence-electron chi connectivity index (χ1n) is 4.08. The Bertz CT molecular complexity index is 305. The Morgan fingerprint density at radius 1 is 1.06 bits per heavy atom. The molecule has 9 nitrogen and oxygen atoms in total. The van der Waals surface area contributed by atoms with Crippen molar-refractivity contribution in [1.82, 2.24) is 0 Å². The number of carbonyl (C=O) groups is 4. The minimum Gasteiger partial charge on any atom is -0.550 e. The second-order valence-electron chi connectivity index (χ2n) is 2.98. The van der Waals surface area contributed by atoms with Gasteiger partial charge in [-0.15, -0.1) is 0 Å². The van der Waals surface area contributed by atoms with Crippen LogP contribution in [0.15, 0.2) is 0 Å². The third kappa shape index (κ3) is 12.9. The summed E-state index contributed by atoms with van der Waals surface area (Å²) in [5.74, 6) is -6.17. The fourth-order valence-electron chi connectivity index (χ4n) is 0.703. The van der Waals surface area contributed by atoms with Crippen molar-refractivity contribution in [3.8, 4) is 0 Å². The van der Waals surface area contributed by atoms with Gasteiger partial charge in [-0.2, -0.15) is 0 Å². The van der Waals surface area contributed by atoms with Crippen LogP contribution in [0, 0.1) is 0 Å². The van der Waals surface area contributed by atoms with Gasteiger partial charge in [0.25, 0.3) is 5.97 Å². The fraction of sp³-hybridized carbons (Fsp3) is 0.500. The summed E-state index contributed by atoms with van der Waals surface area (Å²) < 4.78 is 0. The SMILES string of the molecule is CC(=O)O.O=C([O-])CC(O)(CC(=O)O)C(=O)O.[Na+]. The molecule has 0 aromatic heterocycles. The maximum Gasteiger partial charge on any atom is 1.00 e. The van der Waals surface area contributed by atoms with Crippen molar-refractivity contribution < 1.29 is 74.3 Å². The van der Waals surface area contributed by atoms with E-state index in [9.17, 15) is 19.5 Å². The summed E-state index contributed by atoms with van der Waals surface area (Å²) in [5.41, 5.74) is -2.80. The van der Waals surface area contributed by atoms with Gasteiger partial charge >= 0.3 is 41.5 Å². The van der Waals surface area contributed by atoms with E-state index in [-0.39, 0.29) is 29.6 Å². The van der Waals surface area contributed by atoms with Crippen LogP contribution >= 0.6 is 0 Å². The molecule has 18 heavy (non-hydrogen) atoms. The topological polar surface area (TPSA) is 172 Å². The van der Waals surface area contributed by atoms with Gasteiger partial charge in [-0.25, -0.2) is 4.79 Å². The zero-order valence-electron chi connectivity index (χ0n) is 9.74. The van der Waals surface area contributed by atoms with Gasteiger partial charge in [0.05, 0.1) is 6.42 Å². The molecule has 10 heteroatoms. The molecular weight excluding hydrogens is 263 g/mol. The molecule has 0 saturated heterocycles. The molecule has 0 rings (SSSR count). The number of hydrogen-bond acceptors (Lipinski definition) is 6. The molecule has 0 saturated carbocycles. The number of rotatable bonds is 5. The molecule has 0 aliphatic heterocycles. The van der Waals surface area contributed by atoms with Crippen LogP contribution in [0.25, 0.3) is 0 Å². The average Bonchev–Trinajstić information content (AvgIpc) is 1.98. The van der Waals surface area contributed by atoms with Crippen molar-refractivity contribution in [2.45, 2.75) is 25.4 Å². The maximum absolute atomic E-state index is 10.3. The molecule has 0 fully saturated rings. The van der Waals surface area contributed by atoms with E-state index < -0.39 is 42.3 Å². The Hall–Kier alpha value is -1.16. The number of carboxylic acid groups (broad SMARTS) is 4. The molecule has 0 heterocycles. The summed E-state index contributed by atoms with van der Waals surface area (Å²) in [6.07, 6.45) is -2.44. The van der Waals surface area contributed by atoms with Gasteiger partial charge in [0.2, 0.25) is 0 Å². The van der Waals surface area contributed by atoms with Gasteiger partial charge in [0.1, 0.15) is 0 Å². The molecule has 1 unspecified atom stereocenters.